The van der Waals surface area contributed by atoms with Crippen molar-refractivity contribution < 1.29 is 23.9 Å². The van der Waals surface area contributed by atoms with Gasteiger partial charge in [-0.1, -0.05) is 42.5 Å². The second kappa shape index (κ2) is 10.5. The van der Waals surface area contributed by atoms with Gasteiger partial charge in [0.2, 0.25) is 5.91 Å². The molecule has 1 spiro atoms. The van der Waals surface area contributed by atoms with Crippen molar-refractivity contribution in [3.05, 3.63) is 131 Å². The molecule has 1 saturated heterocycles. The van der Waals surface area contributed by atoms with Crippen molar-refractivity contribution in [3.63, 3.8) is 0 Å². The summed E-state index contributed by atoms with van der Waals surface area (Å²) in [5.41, 5.74) is 2.68. The highest BCUT2D eigenvalue weighted by Gasteiger charge is 2.70. The second-order valence-corrected chi connectivity index (χ2v) is 11.7. The van der Waals surface area contributed by atoms with Crippen LogP contribution in [0.3, 0.4) is 0 Å². The van der Waals surface area contributed by atoms with Gasteiger partial charge in [0.1, 0.15) is 23.0 Å². The molecule has 44 heavy (non-hydrogen) atoms. The summed E-state index contributed by atoms with van der Waals surface area (Å²) in [6, 6.07) is 27.7. The van der Waals surface area contributed by atoms with E-state index in [0.717, 1.165) is 11.1 Å². The molecule has 3 aliphatic rings. The van der Waals surface area contributed by atoms with Gasteiger partial charge in [0.15, 0.2) is 11.6 Å². The van der Waals surface area contributed by atoms with Crippen LogP contribution >= 0.6 is 0 Å². The summed E-state index contributed by atoms with van der Waals surface area (Å²) < 4.78 is 11.2. The fourth-order valence-electron chi connectivity index (χ4n) is 7.24. The average molecular weight is 585 g/mol. The summed E-state index contributed by atoms with van der Waals surface area (Å²) in [4.78, 5) is 46.1. The molecule has 0 bridgehead atoms. The van der Waals surface area contributed by atoms with Gasteiger partial charge in [-0.05, 0) is 91.2 Å². The lowest BCUT2D eigenvalue weighted by Gasteiger charge is -2.38. The summed E-state index contributed by atoms with van der Waals surface area (Å²) >= 11 is 0. The molecule has 0 unspecified atom stereocenters. The zero-order chi connectivity index (χ0) is 30.6. The third-order valence-electron chi connectivity index (χ3n) is 9.01. The van der Waals surface area contributed by atoms with Gasteiger partial charge >= 0.3 is 0 Å². The number of fused-ring (bicyclic) bond motifs is 6. The van der Waals surface area contributed by atoms with Gasteiger partial charge in [-0.3, -0.25) is 14.4 Å². The first-order valence-corrected chi connectivity index (χ1v) is 14.8. The Morgan fingerprint density at radius 3 is 2.16 bits per heavy atom. The van der Waals surface area contributed by atoms with Crippen molar-refractivity contribution in [2.24, 2.45) is 5.92 Å². The summed E-state index contributed by atoms with van der Waals surface area (Å²) in [6.07, 6.45) is 3.82. The summed E-state index contributed by atoms with van der Waals surface area (Å²) in [6.45, 7) is 3.88. The van der Waals surface area contributed by atoms with Crippen molar-refractivity contribution in [2.45, 2.75) is 37.5 Å². The monoisotopic (exact) mass is 584 g/mol. The largest absolute Gasteiger partial charge is 0.497 e. The Balaban J connectivity index is 1.46. The lowest BCUT2D eigenvalue weighted by Crippen LogP contribution is -2.49. The van der Waals surface area contributed by atoms with Crippen LogP contribution in [0.15, 0.2) is 103 Å². The molecule has 7 nitrogen and oxygen atoms in total. The summed E-state index contributed by atoms with van der Waals surface area (Å²) in [7, 11) is 1.57. The van der Waals surface area contributed by atoms with Gasteiger partial charge in [-0.2, -0.15) is 0 Å². The van der Waals surface area contributed by atoms with E-state index in [1.54, 1.807) is 55.6 Å². The standard InChI is InChI=1S/C37H32N2O5/c1-22(2)44-27-18-14-25(15-19-27)34(41)32-31(33(40)24-12-16-26(43-3)17-13-24)37(29-10-6-7-11-30(29)38-36(37)42)35-28-9-5-4-8-23(28)20-21-39(32)35/h4-22,31-32,35H,1-3H3,(H,38,42)/t31-,32+,35-,37+/m0/s1. The number of Topliss-reactive ketones (excluding diaryl/α,β-unsaturated/α-hetero) is 2. The summed E-state index contributed by atoms with van der Waals surface area (Å²) in [5, 5.41) is 3.08. The minimum Gasteiger partial charge on any atom is -0.497 e. The molecule has 4 aromatic carbocycles. The van der Waals surface area contributed by atoms with E-state index >= 15 is 0 Å². The number of nitrogens with one attached hydrogen (secondary N) is 1. The number of ketones is 2. The number of methoxy groups -OCH3 is 1. The predicted molar refractivity (Wildman–Crippen MR) is 168 cm³/mol. The first kappa shape index (κ1) is 27.7. The molecule has 3 aliphatic heterocycles. The van der Waals surface area contributed by atoms with Gasteiger partial charge in [0, 0.05) is 23.0 Å². The van der Waals surface area contributed by atoms with Crippen LogP contribution in [0.25, 0.3) is 6.08 Å². The molecule has 1 N–H and O–H groups in total. The zero-order valence-electron chi connectivity index (χ0n) is 24.7. The number of nitrogens with zero attached hydrogens (tertiary/aromatic N) is 1. The molecule has 0 radical (unpaired) electrons. The predicted octanol–water partition coefficient (Wildman–Crippen LogP) is 6.46. The number of rotatable bonds is 7. The molecule has 3 heterocycles. The lowest BCUT2D eigenvalue weighted by atomic mass is 9.62. The first-order chi connectivity index (χ1) is 21.3. The molecule has 4 atom stereocenters. The number of carbonyl (C=O) groups excluding carboxylic acids is 3. The topological polar surface area (TPSA) is 84.9 Å². The van der Waals surface area contributed by atoms with E-state index in [0.29, 0.717) is 33.9 Å². The Morgan fingerprint density at radius 2 is 1.45 bits per heavy atom. The van der Waals surface area contributed by atoms with Crippen molar-refractivity contribution in [1.29, 1.82) is 0 Å². The van der Waals surface area contributed by atoms with E-state index in [-0.39, 0.29) is 23.6 Å². The molecular formula is C37H32N2O5. The van der Waals surface area contributed by atoms with E-state index in [1.807, 2.05) is 79.6 Å². The van der Waals surface area contributed by atoms with E-state index < -0.39 is 23.4 Å². The number of hydrogen-bond acceptors (Lipinski definition) is 6. The van der Waals surface area contributed by atoms with Crippen LogP contribution in [0, 0.1) is 5.92 Å². The summed E-state index contributed by atoms with van der Waals surface area (Å²) in [5.74, 6) is -0.591. The fraction of sp³-hybridized carbons (Fsp3) is 0.216. The maximum Gasteiger partial charge on any atom is 0.238 e. The normalized spacial score (nSPS) is 22.8. The number of amides is 1. The third-order valence-corrected chi connectivity index (χ3v) is 9.01. The van der Waals surface area contributed by atoms with Crippen LogP contribution in [0.4, 0.5) is 5.69 Å². The minimum absolute atomic E-state index is 0.0157. The smallest absolute Gasteiger partial charge is 0.238 e. The highest BCUT2D eigenvalue weighted by molar-refractivity contribution is 6.16. The Bertz CT molecular complexity index is 1810. The van der Waals surface area contributed by atoms with Crippen LogP contribution in [-0.4, -0.2) is 41.6 Å². The maximum atomic E-state index is 14.9. The van der Waals surface area contributed by atoms with Crippen LogP contribution < -0.4 is 14.8 Å². The molecule has 1 amide bonds. The third kappa shape index (κ3) is 4.07. The van der Waals surface area contributed by atoms with Gasteiger partial charge in [-0.15, -0.1) is 0 Å². The van der Waals surface area contributed by atoms with Crippen LogP contribution in [-0.2, 0) is 10.2 Å². The number of ether oxygens (including phenoxy) is 2. The number of anilines is 1. The number of benzene rings is 4. The fourth-order valence-corrected chi connectivity index (χ4v) is 7.24. The highest BCUT2D eigenvalue weighted by Crippen LogP contribution is 2.62. The molecule has 220 valence electrons. The zero-order valence-corrected chi connectivity index (χ0v) is 24.7. The van der Waals surface area contributed by atoms with Gasteiger partial charge in [-0.25, -0.2) is 0 Å². The quantitative estimate of drug-likeness (QED) is 0.251. The molecule has 0 saturated carbocycles. The number of hydrogen-bond donors (Lipinski definition) is 1. The van der Waals surface area contributed by atoms with Crippen molar-refractivity contribution >= 4 is 29.2 Å². The van der Waals surface area contributed by atoms with Crippen LogP contribution in [0.2, 0.25) is 0 Å². The molecule has 0 aromatic heterocycles. The average Bonchev–Trinajstić information content (AvgIpc) is 3.52. The van der Waals surface area contributed by atoms with E-state index in [1.165, 1.54) is 0 Å². The van der Waals surface area contributed by atoms with E-state index in [9.17, 15) is 14.4 Å². The van der Waals surface area contributed by atoms with E-state index in [4.69, 9.17) is 9.47 Å². The van der Waals surface area contributed by atoms with Gasteiger partial charge in [0.25, 0.3) is 0 Å². The Kier molecular flexibility index (Phi) is 6.61. The van der Waals surface area contributed by atoms with Gasteiger partial charge in [0.05, 0.1) is 25.2 Å². The Morgan fingerprint density at radius 1 is 0.818 bits per heavy atom. The molecular weight excluding hydrogens is 552 g/mol. The molecule has 7 heteroatoms. The molecule has 4 aromatic rings. The Hall–Kier alpha value is -5.17. The van der Waals surface area contributed by atoms with Crippen molar-refractivity contribution in [2.75, 3.05) is 12.4 Å². The van der Waals surface area contributed by atoms with Crippen molar-refractivity contribution in [1.82, 2.24) is 4.90 Å². The number of para-hydroxylation sites is 1. The molecule has 7 rings (SSSR count). The first-order valence-electron chi connectivity index (χ1n) is 14.8. The van der Waals surface area contributed by atoms with Crippen molar-refractivity contribution in [3.8, 4) is 11.5 Å². The van der Waals surface area contributed by atoms with Gasteiger partial charge < -0.3 is 19.7 Å². The lowest BCUT2D eigenvalue weighted by molar-refractivity contribution is -0.122. The SMILES string of the molecule is COc1ccc(C(=O)[C@@H]2[C@H](C(=O)c3ccc(OC(C)C)cc3)N3C=Cc4ccccc4[C@H]3[C@]23C(=O)Nc2ccccc23)cc1. The van der Waals surface area contributed by atoms with E-state index in [2.05, 4.69) is 5.32 Å². The molecule has 0 aliphatic carbocycles. The highest BCUT2D eigenvalue weighted by atomic mass is 16.5. The second-order valence-electron chi connectivity index (χ2n) is 11.7. The maximum absolute atomic E-state index is 14.9. The molecule has 1 fully saturated rings. The van der Waals surface area contributed by atoms with Crippen LogP contribution in [0.1, 0.15) is 57.3 Å². The van der Waals surface area contributed by atoms with Crippen LogP contribution in [0.5, 0.6) is 11.5 Å². The minimum atomic E-state index is -1.38. The Labute approximate surface area is 256 Å². The number of carbonyl (C=O) groups is 3.